The van der Waals surface area contributed by atoms with Gasteiger partial charge >= 0.3 is 0 Å². The van der Waals surface area contributed by atoms with Crippen LogP contribution in [-0.4, -0.2) is 32.7 Å². The van der Waals surface area contributed by atoms with Crippen LogP contribution in [0.15, 0.2) is 54.7 Å². The first kappa shape index (κ1) is 14.4. The Morgan fingerprint density at radius 3 is 2.64 bits per heavy atom. The lowest BCUT2D eigenvalue weighted by Gasteiger charge is -2.29. The van der Waals surface area contributed by atoms with Gasteiger partial charge in [0.15, 0.2) is 11.5 Å². The zero-order valence-electron chi connectivity index (χ0n) is 14.0. The lowest BCUT2D eigenvalue weighted by molar-refractivity contribution is 0.579. The van der Waals surface area contributed by atoms with Crippen LogP contribution in [0, 0.1) is 0 Å². The minimum Gasteiger partial charge on any atom is -0.370 e. The highest BCUT2D eigenvalue weighted by Gasteiger charge is 2.16. The molecule has 5 heteroatoms. The van der Waals surface area contributed by atoms with Crippen LogP contribution in [0.1, 0.15) is 19.3 Å². The Morgan fingerprint density at radius 2 is 1.72 bits per heavy atom. The summed E-state index contributed by atoms with van der Waals surface area (Å²) in [7, 11) is 0. The Labute approximate surface area is 145 Å². The number of hydrogen-bond acceptors (Lipinski definition) is 4. The fourth-order valence-corrected chi connectivity index (χ4v) is 3.66. The fraction of sp³-hybridized carbons (Fsp3) is 0.250. The van der Waals surface area contributed by atoms with E-state index in [4.69, 9.17) is 4.98 Å². The fourth-order valence-electron chi connectivity index (χ4n) is 3.66. The largest absolute Gasteiger partial charge is 0.370 e. The highest BCUT2D eigenvalue weighted by Crippen LogP contribution is 2.29. The summed E-state index contributed by atoms with van der Waals surface area (Å²) in [6, 6.07) is 16.5. The molecule has 1 fully saturated rings. The zero-order chi connectivity index (χ0) is 16.6. The summed E-state index contributed by atoms with van der Waals surface area (Å²) in [5, 5.41) is 9.77. The molecule has 4 aromatic rings. The SMILES string of the molecule is c1cc(N2CCCCC2)c2nc(-c3nnc4ccccn34)ccc2c1. The molecule has 0 spiro atoms. The van der Waals surface area contributed by atoms with Crippen molar-refractivity contribution in [2.45, 2.75) is 19.3 Å². The van der Waals surface area contributed by atoms with Crippen LogP contribution in [0.25, 0.3) is 28.1 Å². The van der Waals surface area contributed by atoms with Gasteiger partial charge in [-0.15, -0.1) is 10.2 Å². The van der Waals surface area contributed by atoms with Gasteiger partial charge in [0.1, 0.15) is 5.69 Å². The molecule has 1 aliphatic heterocycles. The Kier molecular flexibility index (Phi) is 3.37. The van der Waals surface area contributed by atoms with Crippen molar-refractivity contribution in [3.8, 4) is 11.5 Å². The number of nitrogens with zero attached hydrogens (tertiary/aromatic N) is 5. The van der Waals surface area contributed by atoms with Crippen LogP contribution >= 0.6 is 0 Å². The molecule has 0 atom stereocenters. The molecule has 25 heavy (non-hydrogen) atoms. The van der Waals surface area contributed by atoms with E-state index in [1.165, 1.54) is 30.3 Å². The number of anilines is 1. The topological polar surface area (TPSA) is 46.3 Å². The van der Waals surface area contributed by atoms with E-state index in [1.54, 1.807) is 0 Å². The molecule has 0 aliphatic carbocycles. The molecule has 5 nitrogen and oxygen atoms in total. The number of piperidine rings is 1. The van der Waals surface area contributed by atoms with E-state index in [0.29, 0.717) is 0 Å². The van der Waals surface area contributed by atoms with Gasteiger partial charge in [0, 0.05) is 24.7 Å². The van der Waals surface area contributed by atoms with Crippen molar-refractivity contribution in [3.05, 3.63) is 54.7 Å². The minimum absolute atomic E-state index is 0.783. The average Bonchev–Trinajstić information content (AvgIpc) is 3.12. The summed E-state index contributed by atoms with van der Waals surface area (Å²) >= 11 is 0. The summed E-state index contributed by atoms with van der Waals surface area (Å²) in [6.45, 7) is 2.22. The van der Waals surface area contributed by atoms with E-state index in [9.17, 15) is 0 Å². The van der Waals surface area contributed by atoms with Gasteiger partial charge in [-0.05, 0) is 43.5 Å². The third-order valence-electron chi connectivity index (χ3n) is 4.94. The van der Waals surface area contributed by atoms with E-state index in [-0.39, 0.29) is 0 Å². The molecule has 1 aromatic carbocycles. The molecule has 5 rings (SSSR count). The third kappa shape index (κ3) is 2.43. The molecule has 0 radical (unpaired) electrons. The van der Waals surface area contributed by atoms with Crippen LogP contribution in [0.5, 0.6) is 0 Å². The molecule has 3 aromatic heterocycles. The molecule has 0 unspecified atom stereocenters. The molecule has 1 saturated heterocycles. The van der Waals surface area contributed by atoms with Gasteiger partial charge in [0.25, 0.3) is 0 Å². The summed E-state index contributed by atoms with van der Waals surface area (Å²) in [6.07, 6.45) is 5.81. The first-order valence-corrected chi connectivity index (χ1v) is 8.85. The first-order valence-electron chi connectivity index (χ1n) is 8.85. The summed E-state index contributed by atoms with van der Waals surface area (Å²) in [4.78, 5) is 7.44. The predicted octanol–water partition coefficient (Wildman–Crippen LogP) is 3.93. The predicted molar refractivity (Wildman–Crippen MR) is 99.8 cm³/mol. The number of rotatable bonds is 2. The average molecular weight is 329 g/mol. The van der Waals surface area contributed by atoms with Crippen molar-refractivity contribution in [1.29, 1.82) is 0 Å². The van der Waals surface area contributed by atoms with Crippen LogP contribution in [-0.2, 0) is 0 Å². The van der Waals surface area contributed by atoms with Gasteiger partial charge in [-0.3, -0.25) is 4.40 Å². The van der Waals surface area contributed by atoms with Crippen LogP contribution < -0.4 is 4.90 Å². The standard InChI is InChI=1S/C20H19N5/c1-3-12-24(13-4-1)17-8-6-7-15-10-11-16(21-19(15)17)20-23-22-18-9-2-5-14-25(18)20/h2,5-11,14H,1,3-4,12-13H2. The minimum atomic E-state index is 0.783. The Hall–Kier alpha value is -2.95. The lowest BCUT2D eigenvalue weighted by Crippen LogP contribution is -2.29. The smallest absolute Gasteiger partial charge is 0.187 e. The van der Waals surface area contributed by atoms with Crippen LogP contribution in [0.2, 0.25) is 0 Å². The van der Waals surface area contributed by atoms with Crippen LogP contribution in [0.3, 0.4) is 0 Å². The van der Waals surface area contributed by atoms with E-state index >= 15 is 0 Å². The summed E-state index contributed by atoms with van der Waals surface area (Å²) in [5.41, 5.74) is 3.97. The van der Waals surface area contributed by atoms with Crippen LogP contribution in [0.4, 0.5) is 5.69 Å². The highest BCUT2D eigenvalue weighted by atomic mass is 15.2. The van der Waals surface area contributed by atoms with Crippen molar-refractivity contribution in [2.24, 2.45) is 0 Å². The van der Waals surface area contributed by atoms with Gasteiger partial charge in [0.05, 0.1) is 11.2 Å². The monoisotopic (exact) mass is 329 g/mol. The maximum Gasteiger partial charge on any atom is 0.187 e. The lowest BCUT2D eigenvalue weighted by atomic mass is 10.1. The molecule has 124 valence electrons. The maximum absolute atomic E-state index is 4.98. The summed E-state index contributed by atoms with van der Waals surface area (Å²) < 4.78 is 1.98. The zero-order valence-corrected chi connectivity index (χ0v) is 14.0. The van der Waals surface area contributed by atoms with Gasteiger partial charge in [-0.1, -0.05) is 24.3 Å². The van der Waals surface area contributed by atoms with E-state index in [1.807, 2.05) is 34.9 Å². The molecule has 0 bridgehead atoms. The molecular formula is C20H19N5. The molecule has 0 amide bonds. The van der Waals surface area contributed by atoms with Gasteiger partial charge in [0.2, 0.25) is 0 Å². The van der Waals surface area contributed by atoms with E-state index in [2.05, 4.69) is 39.4 Å². The second kappa shape index (κ2) is 5.84. The summed E-state index contributed by atoms with van der Waals surface area (Å²) in [5.74, 6) is 0.783. The number of fused-ring (bicyclic) bond motifs is 2. The number of aromatic nitrogens is 4. The number of para-hydroxylation sites is 1. The van der Waals surface area contributed by atoms with E-state index in [0.717, 1.165) is 35.8 Å². The molecule has 1 aliphatic rings. The highest BCUT2D eigenvalue weighted by molar-refractivity contribution is 5.92. The van der Waals surface area contributed by atoms with Crippen molar-refractivity contribution >= 4 is 22.2 Å². The number of benzene rings is 1. The normalized spacial score (nSPS) is 15.1. The van der Waals surface area contributed by atoms with Crippen molar-refractivity contribution in [2.75, 3.05) is 18.0 Å². The maximum atomic E-state index is 4.98. The van der Waals surface area contributed by atoms with Crippen molar-refractivity contribution in [3.63, 3.8) is 0 Å². The van der Waals surface area contributed by atoms with Gasteiger partial charge < -0.3 is 4.90 Å². The van der Waals surface area contributed by atoms with Crippen molar-refractivity contribution < 1.29 is 0 Å². The second-order valence-corrected chi connectivity index (χ2v) is 6.55. The van der Waals surface area contributed by atoms with E-state index < -0.39 is 0 Å². The Morgan fingerprint density at radius 1 is 0.800 bits per heavy atom. The van der Waals surface area contributed by atoms with Gasteiger partial charge in [-0.25, -0.2) is 4.98 Å². The second-order valence-electron chi connectivity index (χ2n) is 6.55. The molecule has 4 heterocycles. The Bertz CT molecular complexity index is 1050. The molecule has 0 saturated carbocycles. The molecular weight excluding hydrogens is 310 g/mol. The quantitative estimate of drug-likeness (QED) is 0.559. The molecule has 0 N–H and O–H groups in total. The third-order valence-corrected chi connectivity index (χ3v) is 4.94. The Balaban J connectivity index is 1.68. The van der Waals surface area contributed by atoms with Gasteiger partial charge in [-0.2, -0.15) is 0 Å². The number of pyridine rings is 2. The van der Waals surface area contributed by atoms with Crippen molar-refractivity contribution in [1.82, 2.24) is 19.6 Å². The first-order chi connectivity index (χ1) is 12.4. The number of hydrogen-bond donors (Lipinski definition) is 0.